The van der Waals surface area contributed by atoms with E-state index in [0.717, 1.165) is 19.5 Å². The first kappa shape index (κ1) is 12.8. The Bertz CT molecular complexity index is 357. The van der Waals surface area contributed by atoms with Gasteiger partial charge in [0.05, 0.1) is 0 Å². The summed E-state index contributed by atoms with van der Waals surface area (Å²) in [5, 5.41) is 3.88. The van der Waals surface area contributed by atoms with Crippen LogP contribution >= 0.6 is 11.6 Å². The lowest BCUT2D eigenvalue weighted by molar-refractivity contribution is 0.194. The van der Waals surface area contributed by atoms with Crippen molar-refractivity contribution in [2.45, 2.75) is 25.4 Å². The van der Waals surface area contributed by atoms with Crippen molar-refractivity contribution in [1.29, 1.82) is 0 Å². The van der Waals surface area contributed by atoms with E-state index in [1.54, 1.807) is 12.1 Å². The van der Waals surface area contributed by atoms with E-state index in [9.17, 15) is 4.39 Å². The van der Waals surface area contributed by atoms with Crippen LogP contribution in [0.25, 0.3) is 0 Å². The van der Waals surface area contributed by atoms with Crippen molar-refractivity contribution in [3.8, 4) is 0 Å². The molecule has 0 bridgehead atoms. The van der Waals surface area contributed by atoms with E-state index in [1.165, 1.54) is 12.5 Å². The van der Waals surface area contributed by atoms with Gasteiger partial charge in [-0.25, -0.2) is 4.39 Å². The second kappa shape index (κ2) is 5.80. The van der Waals surface area contributed by atoms with Crippen LogP contribution in [-0.4, -0.2) is 31.1 Å². The van der Waals surface area contributed by atoms with Crippen LogP contribution in [0.5, 0.6) is 0 Å². The molecule has 1 N–H and O–H groups in total. The first-order valence-electron chi connectivity index (χ1n) is 6.02. The summed E-state index contributed by atoms with van der Waals surface area (Å²) in [5.74, 6) is -0.215. The SMILES string of the molecule is CN(Cc1c(F)cccc1Cl)[C@@H]1CCCNC1. The third kappa shape index (κ3) is 3.18. The molecule has 94 valence electrons. The van der Waals surface area contributed by atoms with Crippen LogP contribution in [0.4, 0.5) is 4.39 Å². The first-order valence-corrected chi connectivity index (χ1v) is 6.40. The number of nitrogens with one attached hydrogen (secondary N) is 1. The van der Waals surface area contributed by atoms with E-state index in [4.69, 9.17) is 11.6 Å². The van der Waals surface area contributed by atoms with Gasteiger partial charge in [0.2, 0.25) is 0 Å². The number of hydrogen-bond donors (Lipinski definition) is 1. The average molecular weight is 257 g/mol. The predicted molar refractivity (Wildman–Crippen MR) is 68.8 cm³/mol. The Hall–Kier alpha value is -0.640. The lowest BCUT2D eigenvalue weighted by Gasteiger charge is -2.31. The molecule has 4 heteroatoms. The van der Waals surface area contributed by atoms with Crippen LogP contribution in [0.1, 0.15) is 18.4 Å². The lowest BCUT2D eigenvalue weighted by atomic mass is 10.1. The Kier molecular flexibility index (Phi) is 4.37. The highest BCUT2D eigenvalue weighted by molar-refractivity contribution is 6.31. The maximum atomic E-state index is 13.7. The van der Waals surface area contributed by atoms with E-state index >= 15 is 0 Å². The third-order valence-electron chi connectivity index (χ3n) is 3.36. The van der Waals surface area contributed by atoms with Crippen LogP contribution in [0, 0.1) is 5.82 Å². The standard InChI is InChI=1S/C13H18ClFN2/c1-17(10-4-3-7-16-8-10)9-11-12(14)5-2-6-13(11)15/h2,5-6,10,16H,3-4,7-9H2,1H3/t10-/m1/s1. The summed E-state index contributed by atoms with van der Waals surface area (Å²) in [5.41, 5.74) is 0.599. The molecule has 17 heavy (non-hydrogen) atoms. The Morgan fingerprint density at radius 2 is 2.35 bits per heavy atom. The minimum atomic E-state index is -0.215. The van der Waals surface area contributed by atoms with Crippen LogP contribution < -0.4 is 5.32 Å². The second-order valence-corrected chi connectivity index (χ2v) is 5.02. The molecule has 0 unspecified atom stereocenters. The zero-order valence-electron chi connectivity index (χ0n) is 10.0. The van der Waals surface area contributed by atoms with E-state index in [0.29, 0.717) is 23.2 Å². The van der Waals surface area contributed by atoms with Gasteiger partial charge in [-0.1, -0.05) is 17.7 Å². The predicted octanol–water partition coefficient (Wildman–Crippen LogP) is 2.66. The van der Waals surface area contributed by atoms with Crippen molar-refractivity contribution in [3.63, 3.8) is 0 Å². The molecule has 1 atom stereocenters. The molecular weight excluding hydrogens is 239 g/mol. The molecule has 2 rings (SSSR count). The van der Waals surface area contributed by atoms with Gasteiger partial charge in [0.25, 0.3) is 0 Å². The van der Waals surface area contributed by atoms with Crippen molar-refractivity contribution in [3.05, 3.63) is 34.6 Å². The van der Waals surface area contributed by atoms with Gasteiger partial charge in [-0.15, -0.1) is 0 Å². The summed E-state index contributed by atoms with van der Waals surface area (Å²) in [6.07, 6.45) is 2.34. The second-order valence-electron chi connectivity index (χ2n) is 4.62. The number of piperidine rings is 1. The van der Waals surface area contributed by atoms with Gasteiger partial charge in [-0.2, -0.15) is 0 Å². The highest BCUT2D eigenvalue weighted by atomic mass is 35.5. The summed E-state index contributed by atoms with van der Waals surface area (Å²) in [4.78, 5) is 2.18. The first-order chi connectivity index (χ1) is 8.18. The van der Waals surface area contributed by atoms with Crippen molar-refractivity contribution >= 4 is 11.6 Å². The Balaban J connectivity index is 2.04. The molecule has 2 nitrogen and oxygen atoms in total. The molecule has 0 radical (unpaired) electrons. The molecule has 0 aliphatic carbocycles. The maximum Gasteiger partial charge on any atom is 0.129 e. The van der Waals surface area contributed by atoms with Gasteiger partial charge in [0.15, 0.2) is 0 Å². The number of rotatable bonds is 3. The monoisotopic (exact) mass is 256 g/mol. The molecule has 0 aromatic heterocycles. The average Bonchev–Trinajstić information content (AvgIpc) is 2.35. The number of hydrogen-bond acceptors (Lipinski definition) is 2. The number of likely N-dealkylation sites (N-methyl/N-ethyl adjacent to an activating group) is 1. The number of halogens is 2. The van der Waals surface area contributed by atoms with Crippen LogP contribution in [-0.2, 0) is 6.54 Å². The topological polar surface area (TPSA) is 15.3 Å². The summed E-state index contributed by atoms with van der Waals surface area (Å²) >= 11 is 6.03. The van der Waals surface area contributed by atoms with Gasteiger partial charge >= 0.3 is 0 Å². The molecule has 0 amide bonds. The highest BCUT2D eigenvalue weighted by Gasteiger charge is 2.19. The van der Waals surface area contributed by atoms with Crippen LogP contribution in [0.2, 0.25) is 5.02 Å². The summed E-state index contributed by atoms with van der Waals surface area (Å²) in [6.45, 7) is 2.63. The van der Waals surface area contributed by atoms with Gasteiger partial charge in [-0.3, -0.25) is 4.90 Å². The van der Waals surface area contributed by atoms with E-state index in [1.807, 2.05) is 7.05 Å². The Morgan fingerprint density at radius 1 is 1.53 bits per heavy atom. The minimum Gasteiger partial charge on any atom is -0.315 e. The number of nitrogens with zero attached hydrogens (tertiary/aromatic N) is 1. The largest absolute Gasteiger partial charge is 0.315 e. The molecule has 1 heterocycles. The molecule has 0 saturated carbocycles. The molecule has 1 aliphatic rings. The molecule has 1 fully saturated rings. The highest BCUT2D eigenvalue weighted by Crippen LogP contribution is 2.22. The maximum absolute atomic E-state index is 13.7. The van der Waals surface area contributed by atoms with Gasteiger partial charge < -0.3 is 5.32 Å². The molecule has 1 aromatic rings. The Morgan fingerprint density at radius 3 is 3.00 bits per heavy atom. The van der Waals surface area contributed by atoms with Crippen molar-refractivity contribution in [1.82, 2.24) is 10.2 Å². The Labute approximate surface area is 107 Å². The smallest absolute Gasteiger partial charge is 0.129 e. The van der Waals surface area contributed by atoms with Gasteiger partial charge in [0.1, 0.15) is 5.82 Å². The van der Waals surface area contributed by atoms with E-state index < -0.39 is 0 Å². The minimum absolute atomic E-state index is 0.215. The molecule has 1 saturated heterocycles. The molecule has 0 spiro atoms. The van der Waals surface area contributed by atoms with E-state index in [2.05, 4.69) is 10.2 Å². The fourth-order valence-electron chi connectivity index (χ4n) is 2.27. The molecule has 1 aliphatic heterocycles. The van der Waals surface area contributed by atoms with Gasteiger partial charge in [-0.05, 0) is 38.6 Å². The number of benzene rings is 1. The van der Waals surface area contributed by atoms with Crippen molar-refractivity contribution < 1.29 is 4.39 Å². The van der Waals surface area contributed by atoms with Crippen molar-refractivity contribution in [2.24, 2.45) is 0 Å². The third-order valence-corrected chi connectivity index (χ3v) is 3.72. The molecule has 1 aromatic carbocycles. The van der Waals surface area contributed by atoms with Crippen LogP contribution in [0.3, 0.4) is 0 Å². The zero-order valence-corrected chi connectivity index (χ0v) is 10.8. The van der Waals surface area contributed by atoms with E-state index in [-0.39, 0.29) is 5.82 Å². The van der Waals surface area contributed by atoms with Crippen LogP contribution in [0.15, 0.2) is 18.2 Å². The summed E-state index contributed by atoms with van der Waals surface area (Å²) in [6, 6.07) is 5.32. The normalized spacial score (nSPS) is 20.8. The fourth-order valence-corrected chi connectivity index (χ4v) is 2.49. The summed E-state index contributed by atoms with van der Waals surface area (Å²) in [7, 11) is 2.03. The van der Waals surface area contributed by atoms with Crippen molar-refractivity contribution in [2.75, 3.05) is 20.1 Å². The zero-order chi connectivity index (χ0) is 12.3. The van der Waals surface area contributed by atoms with Gasteiger partial charge in [0, 0.05) is 29.7 Å². The quantitative estimate of drug-likeness (QED) is 0.895. The lowest BCUT2D eigenvalue weighted by Crippen LogP contribution is -2.43. The fraction of sp³-hybridized carbons (Fsp3) is 0.538. The molecular formula is C13H18ClFN2. The summed E-state index contributed by atoms with van der Waals surface area (Å²) < 4.78 is 13.7.